The lowest BCUT2D eigenvalue weighted by atomic mass is 9.56. The van der Waals surface area contributed by atoms with Gasteiger partial charge in [0.15, 0.2) is 22.8 Å². The number of nitrogens with one attached hydrogen (secondary N) is 1. The quantitative estimate of drug-likeness (QED) is 0.562. The van der Waals surface area contributed by atoms with E-state index in [2.05, 4.69) is 24.1 Å². The fourth-order valence-electron chi connectivity index (χ4n) is 8.74. The summed E-state index contributed by atoms with van der Waals surface area (Å²) in [7, 11) is 1.85. The Morgan fingerprint density at radius 3 is 2.67 bits per heavy atom. The molecule has 8 nitrogen and oxygen atoms in total. The molecule has 1 aliphatic carbocycles. The van der Waals surface area contributed by atoms with Gasteiger partial charge in [0.2, 0.25) is 5.91 Å². The lowest BCUT2D eigenvalue weighted by molar-refractivity contribution is -0.196. The monoisotopic (exact) mass is 491 g/mol. The van der Waals surface area contributed by atoms with Crippen LogP contribution in [0.5, 0.6) is 11.5 Å². The summed E-state index contributed by atoms with van der Waals surface area (Å²) in [5.74, 6) is 0.980. The first-order valence-electron chi connectivity index (χ1n) is 13.0. The number of piperidine rings is 3. The second-order valence-electron chi connectivity index (χ2n) is 12.7. The summed E-state index contributed by atoms with van der Waals surface area (Å²) in [4.78, 5) is 45.3. The van der Waals surface area contributed by atoms with Crippen LogP contribution in [0.1, 0.15) is 58.9 Å². The third-order valence-electron chi connectivity index (χ3n) is 10.6. The number of amides is 2. The van der Waals surface area contributed by atoms with Gasteiger partial charge in [0, 0.05) is 26.6 Å². The highest BCUT2D eigenvalue weighted by Gasteiger charge is 2.80. The molecule has 1 saturated carbocycles. The molecule has 4 atom stereocenters. The van der Waals surface area contributed by atoms with E-state index in [4.69, 9.17) is 9.47 Å². The molecule has 8 heteroatoms. The van der Waals surface area contributed by atoms with Crippen LogP contribution in [0, 0.1) is 11.3 Å². The van der Waals surface area contributed by atoms with Gasteiger partial charge in [-0.25, -0.2) is 0 Å². The number of ketones is 1. The smallest absolute Gasteiger partial charge is 0.251 e. The molecule has 6 heterocycles. The number of hydrogen-bond donors (Lipinski definition) is 1. The van der Waals surface area contributed by atoms with Crippen LogP contribution >= 0.6 is 0 Å². The number of benzene rings is 1. The van der Waals surface area contributed by atoms with E-state index in [1.807, 2.05) is 44.0 Å². The molecule has 8 rings (SSSR count). The molecule has 0 aromatic heterocycles. The maximum Gasteiger partial charge on any atom is 0.251 e. The second kappa shape index (κ2) is 6.33. The minimum Gasteiger partial charge on any atom is -0.480 e. The molecule has 4 saturated heterocycles. The second-order valence-corrected chi connectivity index (χ2v) is 12.7. The van der Waals surface area contributed by atoms with Gasteiger partial charge >= 0.3 is 0 Å². The van der Waals surface area contributed by atoms with Crippen LogP contribution in [0.25, 0.3) is 0 Å². The first-order chi connectivity index (χ1) is 16.9. The molecule has 3 spiro atoms. The number of nitrogens with zero attached hydrogens (tertiary/aromatic N) is 2. The summed E-state index contributed by atoms with van der Waals surface area (Å²) < 4.78 is 12.2. The standard InChI is InChI=1S/C28H33N3O5/c1-24(2)10-12-35-21-17(36-24)9-8-16-20(21)29-22(33)27(16)14-26-15-31-11-6-7-19(32)28(31,23(34)30(26)5)13-18(26)25(27,3)4/h8-10,12,18H,6-7,11,13-15H2,1-5H3,(H,29,33)/t18-,26+,27+,28+/m0/s1. The predicted molar refractivity (Wildman–Crippen MR) is 132 cm³/mol. The zero-order valence-electron chi connectivity index (χ0n) is 21.6. The lowest BCUT2D eigenvalue weighted by Gasteiger charge is -2.66. The highest BCUT2D eigenvalue weighted by atomic mass is 16.5. The van der Waals surface area contributed by atoms with E-state index in [-0.39, 0.29) is 23.5 Å². The van der Waals surface area contributed by atoms with Gasteiger partial charge in [-0.15, -0.1) is 0 Å². The maximum absolute atomic E-state index is 14.1. The minimum absolute atomic E-state index is 0.00231. The van der Waals surface area contributed by atoms with Gasteiger partial charge in [-0.05, 0) is 62.1 Å². The van der Waals surface area contributed by atoms with Crippen molar-refractivity contribution in [1.29, 1.82) is 0 Å². The average molecular weight is 492 g/mol. The van der Waals surface area contributed by atoms with Gasteiger partial charge in [-0.2, -0.15) is 0 Å². The van der Waals surface area contributed by atoms with Crippen LogP contribution in [0.15, 0.2) is 24.5 Å². The summed E-state index contributed by atoms with van der Waals surface area (Å²) in [6.07, 6.45) is 5.69. The first-order valence-corrected chi connectivity index (χ1v) is 13.0. The first kappa shape index (κ1) is 22.3. The number of piperazine rings is 1. The van der Waals surface area contributed by atoms with Crippen molar-refractivity contribution >= 4 is 23.3 Å². The molecule has 0 radical (unpaired) electrons. The number of carbonyl (C=O) groups excluding carboxylic acids is 3. The Kier molecular flexibility index (Phi) is 3.93. The van der Waals surface area contributed by atoms with Gasteiger partial charge in [-0.1, -0.05) is 19.9 Å². The van der Waals surface area contributed by atoms with Gasteiger partial charge < -0.3 is 19.7 Å². The van der Waals surface area contributed by atoms with Gasteiger partial charge in [0.1, 0.15) is 5.60 Å². The van der Waals surface area contributed by atoms with E-state index in [1.54, 1.807) is 6.26 Å². The van der Waals surface area contributed by atoms with E-state index in [0.29, 0.717) is 43.0 Å². The van der Waals surface area contributed by atoms with Crippen molar-refractivity contribution in [2.75, 3.05) is 25.5 Å². The van der Waals surface area contributed by atoms with E-state index in [0.717, 1.165) is 18.5 Å². The van der Waals surface area contributed by atoms with Crippen molar-refractivity contribution < 1.29 is 23.9 Å². The van der Waals surface area contributed by atoms with Crippen LogP contribution in [0.3, 0.4) is 0 Å². The summed E-state index contributed by atoms with van der Waals surface area (Å²) in [6, 6.07) is 3.90. The number of anilines is 1. The average Bonchev–Trinajstić information content (AvgIpc) is 3.13. The molecule has 1 aromatic carbocycles. The third-order valence-corrected chi connectivity index (χ3v) is 10.6. The summed E-state index contributed by atoms with van der Waals surface area (Å²) in [5, 5.41) is 3.17. The molecule has 190 valence electrons. The fraction of sp³-hybridized carbons (Fsp3) is 0.607. The van der Waals surface area contributed by atoms with Crippen molar-refractivity contribution in [3.63, 3.8) is 0 Å². The maximum atomic E-state index is 14.1. The Hall–Kier alpha value is -2.87. The number of ether oxygens (including phenoxy) is 2. The van der Waals surface area contributed by atoms with E-state index in [9.17, 15) is 14.4 Å². The Balaban J connectivity index is 1.42. The summed E-state index contributed by atoms with van der Waals surface area (Å²) in [6.45, 7) is 9.59. The van der Waals surface area contributed by atoms with Crippen molar-refractivity contribution in [1.82, 2.24) is 9.80 Å². The SMILES string of the molecule is CN1C(=O)[C@]23C[C@H]4C(C)(C)[C@@]5(C[C@@]41CN2CCCC3=O)C(=O)Nc1c5ccc2c1OC=CC(C)(C)O2. The molecule has 2 bridgehead atoms. The Morgan fingerprint density at radius 2 is 1.89 bits per heavy atom. The van der Waals surface area contributed by atoms with Crippen LogP contribution in [-0.2, 0) is 19.8 Å². The molecule has 1 aromatic rings. The highest BCUT2D eigenvalue weighted by Crippen LogP contribution is 2.72. The normalized spacial score (nSPS) is 39.1. The van der Waals surface area contributed by atoms with Crippen molar-refractivity contribution in [3.05, 3.63) is 30.0 Å². The highest BCUT2D eigenvalue weighted by molar-refractivity contribution is 6.14. The predicted octanol–water partition coefficient (Wildman–Crippen LogP) is 3.00. The number of hydrogen-bond acceptors (Lipinski definition) is 6. The fourth-order valence-corrected chi connectivity index (χ4v) is 8.74. The van der Waals surface area contributed by atoms with Gasteiger partial charge in [0.05, 0.1) is 22.9 Å². The number of rotatable bonds is 0. The Labute approximate surface area is 211 Å². The third kappa shape index (κ3) is 2.21. The topological polar surface area (TPSA) is 88.2 Å². The zero-order valence-corrected chi connectivity index (χ0v) is 21.6. The molecular formula is C28H33N3O5. The molecule has 5 fully saturated rings. The van der Waals surface area contributed by atoms with Crippen LogP contribution < -0.4 is 14.8 Å². The van der Waals surface area contributed by atoms with Crippen molar-refractivity contribution in [2.24, 2.45) is 11.3 Å². The van der Waals surface area contributed by atoms with Crippen LogP contribution in [-0.4, -0.2) is 64.2 Å². The van der Waals surface area contributed by atoms with E-state index < -0.39 is 27.5 Å². The lowest BCUT2D eigenvalue weighted by Crippen LogP contribution is -2.83. The summed E-state index contributed by atoms with van der Waals surface area (Å²) >= 11 is 0. The molecule has 36 heavy (non-hydrogen) atoms. The van der Waals surface area contributed by atoms with Crippen molar-refractivity contribution in [2.45, 2.75) is 75.5 Å². The van der Waals surface area contributed by atoms with Crippen LogP contribution in [0.4, 0.5) is 5.69 Å². The number of likely N-dealkylation sites (N-methyl/N-ethyl adjacent to an activating group) is 1. The zero-order chi connectivity index (χ0) is 25.5. The Bertz CT molecular complexity index is 1300. The molecule has 7 aliphatic rings. The van der Waals surface area contributed by atoms with Gasteiger partial charge in [-0.3, -0.25) is 19.3 Å². The summed E-state index contributed by atoms with van der Waals surface area (Å²) in [5.41, 5.74) is -1.98. The number of Topliss-reactive ketones (excluding diaryl/α,β-unsaturated/α-hetero) is 1. The van der Waals surface area contributed by atoms with E-state index >= 15 is 0 Å². The molecule has 6 aliphatic heterocycles. The number of carbonyl (C=O) groups is 3. The molecular weight excluding hydrogens is 458 g/mol. The van der Waals surface area contributed by atoms with Crippen LogP contribution in [0.2, 0.25) is 0 Å². The van der Waals surface area contributed by atoms with E-state index in [1.165, 1.54) is 0 Å². The molecule has 2 amide bonds. The number of fused-ring (bicyclic) bond motifs is 5. The van der Waals surface area contributed by atoms with Gasteiger partial charge in [0.25, 0.3) is 5.91 Å². The van der Waals surface area contributed by atoms with Crippen molar-refractivity contribution in [3.8, 4) is 11.5 Å². The molecule has 0 unspecified atom stereocenters. The Morgan fingerprint density at radius 1 is 1.11 bits per heavy atom. The molecule has 1 N–H and O–H groups in total. The minimum atomic E-state index is -1.08. The largest absolute Gasteiger partial charge is 0.480 e.